The van der Waals surface area contributed by atoms with Crippen LogP contribution in [-0.2, 0) is 17.8 Å². The summed E-state index contributed by atoms with van der Waals surface area (Å²) in [5, 5.41) is 0.698. The zero-order valence-electron chi connectivity index (χ0n) is 17.6. The van der Waals surface area contributed by atoms with E-state index in [4.69, 9.17) is 4.98 Å². The standard InChI is InChI=1S/C24H33N3O2/c1-2-22-25-21-10-6-5-9-20(21)24(29)27(22)17-19-13-15-26(16-14-19)23(28)12-11-18-7-3-4-8-18/h5-6,9-10,18-19H,2-4,7-8,11-17H2,1H3. The van der Waals surface area contributed by atoms with Gasteiger partial charge in [0.05, 0.1) is 10.9 Å². The Morgan fingerprint density at radius 2 is 1.79 bits per heavy atom. The van der Waals surface area contributed by atoms with Crippen molar-refractivity contribution in [1.82, 2.24) is 14.5 Å². The van der Waals surface area contributed by atoms with Crippen molar-refractivity contribution in [2.75, 3.05) is 13.1 Å². The highest BCUT2D eigenvalue weighted by Gasteiger charge is 2.25. The molecule has 0 bridgehead atoms. The third kappa shape index (κ3) is 4.54. The molecule has 2 fully saturated rings. The molecule has 0 spiro atoms. The average molecular weight is 396 g/mol. The van der Waals surface area contributed by atoms with Gasteiger partial charge in [-0.2, -0.15) is 0 Å². The first-order valence-corrected chi connectivity index (χ1v) is 11.4. The molecule has 1 amide bonds. The summed E-state index contributed by atoms with van der Waals surface area (Å²) in [6, 6.07) is 7.61. The van der Waals surface area contributed by atoms with Crippen molar-refractivity contribution in [2.45, 2.75) is 71.3 Å². The number of nitrogens with zero attached hydrogens (tertiary/aromatic N) is 3. The number of fused-ring (bicyclic) bond motifs is 1. The molecule has 0 unspecified atom stereocenters. The number of carbonyl (C=O) groups is 1. The lowest BCUT2D eigenvalue weighted by molar-refractivity contribution is -0.133. The molecule has 1 aliphatic carbocycles. The van der Waals surface area contributed by atoms with Crippen LogP contribution < -0.4 is 5.56 Å². The van der Waals surface area contributed by atoms with Gasteiger partial charge in [-0.3, -0.25) is 14.2 Å². The van der Waals surface area contributed by atoms with Crippen molar-refractivity contribution in [3.63, 3.8) is 0 Å². The third-order valence-corrected chi connectivity index (χ3v) is 6.91. The van der Waals surface area contributed by atoms with Gasteiger partial charge in [-0.1, -0.05) is 44.7 Å². The van der Waals surface area contributed by atoms with Gasteiger partial charge < -0.3 is 4.90 Å². The van der Waals surface area contributed by atoms with Gasteiger partial charge >= 0.3 is 0 Å². The van der Waals surface area contributed by atoms with Gasteiger partial charge in [0.2, 0.25) is 5.91 Å². The van der Waals surface area contributed by atoms with E-state index in [9.17, 15) is 9.59 Å². The van der Waals surface area contributed by atoms with E-state index in [1.54, 1.807) is 0 Å². The molecule has 0 radical (unpaired) electrons. The van der Waals surface area contributed by atoms with E-state index >= 15 is 0 Å². The van der Waals surface area contributed by atoms with Crippen molar-refractivity contribution in [3.05, 3.63) is 40.4 Å². The van der Waals surface area contributed by atoms with Crippen molar-refractivity contribution >= 4 is 16.8 Å². The van der Waals surface area contributed by atoms with Crippen LogP contribution in [0, 0.1) is 11.8 Å². The zero-order valence-corrected chi connectivity index (χ0v) is 17.6. The second-order valence-electron chi connectivity index (χ2n) is 8.83. The molecule has 2 heterocycles. The average Bonchev–Trinajstić information content (AvgIpc) is 3.28. The van der Waals surface area contributed by atoms with Crippen LogP contribution in [0.2, 0.25) is 0 Å². The first-order chi connectivity index (χ1) is 14.2. The Balaban J connectivity index is 1.36. The number of hydrogen-bond donors (Lipinski definition) is 0. The van der Waals surface area contributed by atoms with Gasteiger partial charge in [-0.15, -0.1) is 0 Å². The van der Waals surface area contributed by atoms with E-state index < -0.39 is 0 Å². The number of para-hydroxylation sites is 1. The first-order valence-electron chi connectivity index (χ1n) is 11.4. The maximum absolute atomic E-state index is 13.0. The van der Waals surface area contributed by atoms with Crippen molar-refractivity contribution < 1.29 is 4.79 Å². The van der Waals surface area contributed by atoms with Crippen LogP contribution in [0.25, 0.3) is 10.9 Å². The van der Waals surface area contributed by atoms with Crippen LogP contribution in [0.1, 0.15) is 64.1 Å². The fourth-order valence-electron chi connectivity index (χ4n) is 5.08. The Bertz CT molecular complexity index is 906. The summed E-state index contributed by atoms with van der Waals surface area (Å²) in [4.78, 5) is 32.4. The summed E-state index contributed by atoms with van der Waals surface area (Å²) < 4.78 is 1.88. The van der Waals surface area contributed by atoms with Crippen molar-refractivity contribution in [1.29, 1.82) is 0 Å². The monoisotopic (exact) mass is 395 g/mol. The minimum Gasteiger partial charge on any atom is -0.343 e. The lowest BCUT2D eigenvalue weighted by Crippen LogP contribution is -2.40. The van der Waals surface area contributed by atoms with Crippen LogP contribution in [0.5, 0.6) is 0 Å². The predicted octanol–water partition coefficient (Wildman–Crippen LogP) is 4.17. The molecule has 0 atom stereocenters. The van der Waals surface area contributed by atoms with E-state index in [1.165, 1.54) is 25.7 Å². The van der Waals surface area contributed by atoms with Crippen LogP contribution in [0.15, 0.2) is 29.1 Å². The molecule has 5 heteroatoms. The fourth-order valence-corrected chi connectivity index (χ4v) is 5.08. The highest BCUT2D eigenvalue weighted by molar-refractivity contribution is 5.77. The molecule has 1 aliphatic heterocycles. The molecule has 1 aromatic heterocycles. The van der Waals surface area contributed by atoms with E-state index in [1.807, 2.05) is 33.7 Å². The number of piperidine rings is 1. The van der Waals surface area contributed by atoms with Crippen molar-refractivity contribution in [2.24, 2.45) is 11.8 Å². The highest BCUT2D eigenvalue weighted by atomic mass is 16.2. The summed E-state index contributed by atoms with van der Waals surface area (Å²) in [5.41, 5.74) is 0.857. The summed E-state index contributed by atoms with van der Waals surface area (Å²) in [6.45, 7) is 4.42. The highest BCUT2D eigenvalue weighted by Crippen LogP contribution is 2.29. The fraction of sp³-hybridized carbons (Fsp3) is 0.625. The molecule has 1 saturated heterocycles. The smallest absolute Gasteiger partial charge is 0.261 e. The number of hydrogen-bond acceptors (Lipinski definition) is 3. The number of rotatable bonds is 6. The summed E-state index contributed by atoms with van der Waals surface area (Å²) in [5.74, 6) is 2.40. The number of likely N-dealkylation sites (tertiary alicyclic amines) is 1. The normalized spacial score (nSPS) is 18.6. The third-order valence-electron chi connectivity index (χ3n) is 6.91. The minimum atomic E-state index is 0.0718. The van der Waals surface area contributed by atoms with Gasteiger partial charge in [0.25, 0.3) is 5.56 Å². The van der Waals surface area contributed by atoms with E-state index in [-0.39, 0.29) is 5.56 Å². The van der Waals surface area contributed by atoms with Gasteiger partial charge in [0, 0.05) is 32.5 Å². The van der Waals surface area contributed by atoms with Gasteiger partial charge in [0.15, 0.2) is 0 Å². The lowest BCUT2D eigenvalue weighted by Gasteiger charge is -2.33. The molecule has 1 saturated carbocycles. The Morgan fingerprint density at radius 3 is 2.52 bits per heavy atom. The maximum atomic E-state index is 13.0. The van der Waals surface area contributed by atoms with E-state index in [0.29, 0.717) is 30.2 Å². The largest absolute Gasteiger partial charge is 0.343 e. The molecule has 4 rings (SSSR count). The Morgan fingerprint density at radius 1 is 1.07 bits per heavy atom. The second-order valence-corrected chi connectivity index (χ2v) is 8.83. The number of carbonyl (C=O) groups excluding carboxylic acids is 1. The topological polar surface area (TPSA) is 55.2 Å². The maximum Gasteiger partial charge on any atom is 0.261 e. The molecule has 1 aromatic carbocycles. The zero-order chi connectivity index (χ0) is 20.2. The predicted molar refractivity (Wildman–Crippen MR) is 116 cm³/mol. The van der Waals surface area contributed by atoms with Gasteiger partial charge in [-0.05, 0) is 43.2 Å². The van der Waals surface area contributed by atoms with Crippen molar-refractivity contribution in [3.8, 4) is 0 Å². The molecular formula is C24H33N3O2. The Kier molecular flexibility index (Phi) is 6.31. The van der Waals surface area contributed by atoms with Crippen LogP contribution >= 0.6 is 0 Å². The minimum absolute atomic E-state index is 0.0718. The molecule has 29 heavy (non-hydrogen) atoms. The first kappa shape index (κ1) is 20.1. The second kappa shape index (κ2) is 9.10. The van der Waals surface area contributed by atoms with Crippen LogP contribution in [0.4, 0.5) is 0 Å². The lowest BCUT2D eigenvalue weighted by atomic mass is 9.95. The number of aromatic nitrogens is 2. The molecule has 0 N–H and O–H groups in total. The molecular weight excluding hydrogens is 362 g/mol. The quantitative estimate of drug-likeness (QED) is 0.738. The number of benzene rings is 1. The molecule has 2 aliphatic rings. The SMILES string of the molecule is CCc1nc2ccccc2c(=O)n1CC1CCN(C(=O)CCC2CCCC2)CC1. The Hall–Kier alpha value is -2.17. The van der Waals surface area contributed by atoms with Gasteiger partial charge in [0.1, 0.15) is 5.82 Å². The van der Waals surface area contributed by atoms with Gasteiger partial charge in [-0.25, -0.2) is 4.98 Å². The van der Waals surface area contributed by atoms with E-state index in [0.717, 1.165) is 56.0 Å². The summed E-state index contributed by atoms with van der Waals surface area (Å²) in [7, 11) is 0. The van der Waals surface area contributed by atoms with E-state index in [2.05, 4.69) is 6.92 Å². The molecule has 156 valence electrons. The molecule has 2 aromatic rings. The summed E-state index contributed by atoms with van der Waals surface area (Å²) >= 11 is 0. The number of aryl methyl sites for hydroxylation is 1. The number of amides is 1. The molecule has 5 nitrogen and oxygen atoms in total. The van der Waals surface area contributed by atoms with Crippen LogP contribution in [-0.4, -0.2) is 33.4 Å². The van der Waals surface area contributed by atoms with Crippen LogP contribution in [0.3, 0.4) is 0 Å². The summed E-state index contributed by atoms with van der Waals surface area (Å²) in [6.07, 6.45) is 9.77. The Labute approximate surface area is 173 Å².